The molecule has 0 saturated carbocycles. The van der Waals surface area contributed by atoms with Gasteiger partial charge in [0.05, 0.1) is 0 Å². The maximum atomic E-state index is 13.5. The first-order valence-corrected chi connectivity index (χ1v) is 8.30. The van der Waals surface area contributed by atoms with Crippen molar-refractivity contribution in [2.24, 2.45) is 0 Å². The smallest absolute Gasteiger partial charge is 0.240 e. The Morgan fingerprint density at radius 2 is 1.79 bits per heavy atom. The Hall–Kier alpha value is -2.21. The Bertz CT molecular complexity index is 719. The zero-order chi connectivity index (χ0) is 17.5. The van der Waals surface area contributed by atoms with Gasteiger partial charge in [0.1, 0.15) is 12.4 Å². The third-order valence-corrected chi connectivity index (χ3v) is 4.02. The van der Waals surface area contributed by atoms with Crippen LogP contribution in [0.2, 0.25) is 0 Å². The summed E-state index contributed by atoms with van der Waals surface area (Å²) in [5.41, 5.74) is 1.20. The highest BCUT2D eigenvalue weighted by Gasteiger charge is 2.15. The fourth-order valence-corrected chi connectivity index (χ4v) is 2.51. The van der Waals surface area contributed by atoms with Gasteiger partial charge in [-0.1, -0.05) is 34.1 Å². The minimum absolute atomic E-state index is 0.0752. The maximum Gasteiger partial charge on any atom is 0.240 e. The summed E-state index contributed by atoms with van der Waals surface area (Å²) in [6, 6.07) is 13.6. The quantitative estimate of drug-likeness (QED) is 0.819. The third-order valence-electron chi connectivity index (χ3n) is 3.49. The van der Waals surface area contributed by atoms with Crippen molar-refractivity contribution >= 4 is 33.4 Å². The maximum absolute atomic E-state index is 13.5. The number of halogens is 2. The van der Waals surface area contributed by atoms with Crippen molar-refractivity contribution < 1.29 is 14.0 Å². The summed E-state index contributed by atoms with van der Waals surface area (Å²) in [5.74, 6) is -0.794. The molecule has 0 fully saturated rings. The van der Waals surface area contributed by atoms with E-state index in [1.54, 1.807) is 42.5 Å². The van der Waals surface area contributed by atoms with Crippen molar-refractivity contribution in [1.29, 1.82) is 0 Å². The van der Waals surface area contributed by atoms with Crippen LogP contribution in [0.5, 0.6) is 0 Å². The molecule has 0 spiro atoms. The van der Waals surface area contributed by atoms with Gasteiger partial charge in [-0.25, -0.2) is 4.39 Å². The van der Waals surface area contributed by atoms with Gasteiger partial charge in [0.25, 0.3) is 0 Å². The van der Waals surface area contributed by atoms with Gasteiger partial charge in [-0.05, 0) is 42.3 Å². The Labute approximate surface area is 148 Å². The molecule has 0 aliphatic rings. The second kappa shape index (κ2) is 8.59. The van der Waals surface area contributed by atoms with Crippen molar-refractivity contribution in [3.63, 3.8) is 0 Å². The highest BCUT2D eigenvalue weighted by Crippen LogP contribution is 2.18. The number of amides is 2. The molecule has 0 aliphatic carbocycles. The average molecular weight is 393 g/mol. The van der Waals surface area contributed by atoms with Crippen LogP contribution in [-0.4, -0.2) is 24.9 Å². The van der Waals surface area contributed by atoms with Gasteiger partial charge in [-0.3, -0.25) is 9.59 Å². The van der Waals surface area contributed by atoms with Gasteiger partial charge in [0.15, 0.2) is 0 Å². The van der Waals surface area contributed by atoms with Crippen LogP contribution < -0.4 is 10.2 Å². The summed E-state index contributed by atoms with van der Waals surface area (Å²) in [5, 5.41) is 2.72. The molecular formula is C18H18BrFN2O2. The van der Waals surface area contributed by atoms with E-state index in [4.69, 9.17) is 0 Å². The molecule has 0 heterocycles. The van der Waals surface area contributed by atoms with Crippen LogP contribution in [0.3, 0.4) is 0 Å². The molecular weight excluding hydrogens is 375 g/mol. The fraction of sp³-hybridized carbons (Fsp3) is 0.222. The van der Waals surface area contributed by atoms with Crippen LogP contribution in [-0.2, 0) is 16.0 Å². The van der Waals surface area contributed by atoms with E-state index >= 15 is 0 Å². The van der Waals surface area contributed by atoms with Gasteiger partial charge in [0, 0.05) is 23.6 Å². The predicted molar refractivity (Wildman–Crippen MR) is 95.3 cm³/mol. The highest BCUT2D eigenvalue weighted by molar-refractivity contribution is 9.10. The first-order valence-electron chi connectivity index (χ1n) is 7.51. The lowest BCUT2D eigenvalue weighted by Gasteiger charge is -2.20. The van der Waals surface area contributed by atoms with E-state index in [0.717, 1.165) is 4.47 Å². The number of nitrogens with one attached hydrogen (secondary N) is 1. The van der Waals surface area contributed by atoms with E-state index in [1.807, 2.05) is 0 Å². The van der Waals surface area contributed by atoms with Gasteiger partial charge in [-0.15, -0.1) is 0 Å². The van der Waals surface area contributed by atoms with Crippen molar-refractivity contribution in [2.75, 3.05) is 18.0 Å². The number of rotatable bonds is 6. The lowest BCUT2D eigenvalue weighted by Crippen LogP contribution is -2.40. The molecule has 6 heteroatoms. The van der Waals surface area contributed by atoms with Gasteiger partial charge >= 0.3 is 0 Å². The molecule has 0 unspecified atom stereocenters. The molecule has 0 radical (unpaired) electrons. The van der Waals surface area contributed by atoms with E-state index in [0.29, 0.717) is 24.2 Å². The van der Waals surface area contributed by atoms with Crippen molar-refractivity contribution in [2.45, 2.75) is 13.3 Å². The topological polar surface area (TPSA) is 49.4 Å². The number of carbonyl (C=O) groups excluding carboxylic acids is 2. The first kappa shape index (κ1) is 18.1. The van der Waals surface area contributed by atoms with Crippen LogP contribution in [0.4, 0.5) is 10.1 Å². The molecule has 2 amide bonds. The zero-order valence-electron chi connectivity index (χ0n) is 13.3. The van der Waals surface area contributed by atoms with Crippen molar-refractivity contribution in [3.05, 3.63) is 64.4 Å². The second-order valence-corrected chi connectivity index (χ2v) is 6.19. The molecule has 0 aromatic heterocycles. The number of anilines is 1. The number of hydrogen-bond acceptors (Lipinski definition) is 2. The number of benzene rings is 2. The molecule has 4 nitrogen and oxygen atoms in total. The Morgan fingerprint density at radius 3 is 2.42 bits per heavy atom. The van der Waals surface area contributed by atoms with E-state index < -0.39 is 0 Å². The minimum atomic E-state index is -0.288. The van der Waals surface area contributed by atoms with Crippen LogP contribution in [0, 0.1) is 5.82 Å². The summed E-state index contributed by atoms with van der Waals surface area (Å²) >= 11 is 3.33. The second-order valence-electron chi connectivity index (χ2n) is 5.27. The van der Waals surface area contributed by atoms with E-state index in [9.17, 15) is 14.0 Å². The highest BCUT2D eigenvalue weighted by atomic mass is 79.9. The van der Waals surface area contributed by atoms with E-state index in [1.165, 1.54) is 17.9 Å². The zero-order valence-corrected chi connectivity index (χ0v) is 14.8. The van der Waals surface area contributed by atoms with Gasteiger partial charge in [0.2, 0.25) is 11.8 Å². The molecule has 1 N–H and O–H groups in total. The third kappa shape index (κ3) is 5.16. The van der Waals surface area contributed by atoms with Gasteiger partial charge < -0.3 is 10.2 Å². The number of hydrogen-bond donors (Lipinski definition) is 1. The summed E-state index contributed by atoms with van der Waals surface area (Å²) in [6.45, 7) is 1.65. The predicted octanol–water partition coefficient (Wildman–Crippen LogP) is 3.30. The standard InChI is InChI=1S/C18H18BrFN2O2/c1-13(23)22(16-8-6-15(19)7-9-16)12-18(24)21-11-10-14-4-2-3-5-17(14)20/h2-9H,10-12H2,1H3,(H,21,24). The number of nitrogens with zero attached hydrogens (tertiary/aromatic N) is 1. The van der Waals surface area contributed by atoms with Gasteiger partial charge in [-0.2, -0.15) is 0 Å². The summed E-state index contributed by atoms with van der Waals surface area (Å²) in [4.78, 5) is 25.2. The van der Waals surface area contributed by atoms with Crippen LogP contribution >= 0.6 is 15.9 Å². The molecule has 2 rings (SSSR count). The summed E-state index contributed by atoms with van der Waals surface area (Å²) < 4.78 is 14.4. The van der Waals surface area contributed by atoms with Crippen LogP contribution in [0.15, 0.2) is 53.0 Å². The molecule has 0 saturated heterocycles. The monoisotopic (exact) mass is 392 g/mol. The Balaban J connectivity index is 1.90. The van der Waals surface area contributed by atoms with Crippen LogP contribution in [0.1, 0.15) is 12.5 Å². The normalized spacial score (nSPS) is 10.3. The first-order chi connectivity index (χ1) is 11.5. The molecule has 2 aromatic carbocycles. The Kier molecular flexibility index (Phi) is 6.49. The van der Waals surface area contributed by atoms with E-state index in [-0.39, 0.29) is 24.2 Å². The molecule has 0 bridgehead atoms. The molecule has 126 valence electrons. The lowest BCUT2D eigenvalue weighted by atomic mass is 10.1. The number of carbonyl (C=O) groups is 2. The average Bonchev–Trinajstić information content (AvgIpc) is 2.55. The lowest BCUT2D eigenvalue weighted by molar-refractivity contribution is -0.123. The van der Waals surface area contributed by atoms with Crippen molar-refractivity contribution in [3.8, 4) is 0 Å². The SMILES string of the molecule is CC(=O)N(CC(=O)NCCc1ccccc1F)c1ccc(Br)cc1. The summed E-state index contributed by atoms with van der Waals surface area (Å²) in [6.07, 6.45) is 0.400. The van der Waals surface area contributed by atoms with Crippen LogP contribution in [0.25, 0.3) is 0 Å². The molecule has 0 atom stereocenters. The summed E-state index contributed by atoms with van der Waals surface area (Å²) in [7, 11) is 0. The Morgan fingerprint density at radius 1 is 1.12 bits per heavy atom. The minimum Gasteiger partial charge on any atom is -0.354 e. The van der Waals surface area contributed by atoms with E-state index in [2.05, 4.69) is 21.2 Å². The molecule has 24 heavy (non-hydrogen) atoms. The van der Waals surface area contributed by atoms with Crippen molar-refractivity contribution in [1.82, 2.24) is 5.32 Å². The fourth-order valence-electron chi connectivity index (χ4n) is 2.24. The molecule has 0 aliphatic heterocycles. The largest absolute Gasteiger partial charge is 0.354 e. The molecule has 2 aromatic rings.